The van der Waals surface area contributed by atoms with E-state index in [1.807, 2.05) is 0 Å². The molecule has 9 heteroatoms. The van der Waals surface area contributed by atoms with Crippen LogP contribution in [0.3, 0.4) is 0 Å². The minimum absolute atomic E-state index is 0.00822. The van der Waals surface area contributed by atoms with E-state index in [9.17, 15) is 18.8 Å². The topological polar surface area (TPSA) is 105 Å². The second-order valence-electron chi connectivity index (χ2n) is 9.96. The van der Waals surface area contributed by atoms with Crippen LogP contribution in [0.15, 0.2) is 42.6 Å². The number of nitrogens with zero attached hydrogens (tertiary/aromatic N) is 3. The average molecular weight is 478 g/mol. The molecule has 182 valence electrons. The van der Waals surface area contributed by atoms with Crippen molar-refractivity contribution in [2.75, 3.05) is 6.54 Å². The van der Waals surface area contributed by atoms with E-state index in [4.69, 9.17) is 0 Å². The summed E-state index contributed by atoms with van der Waals surface area (Å²) in [4.78, 5) is 42.4. The van der Waals surface area contributed by atoms with Crippen molar-refractivity contribution in [3.8, 4) is 0 Å². The van der Waals surface area contributed by atoms with E-state index >= 15 is 0 Å². The van der Waals surface area contributed by atoms with E-state index < -0.39 is 5.91 Å². The number of halogens is 1. The zero-order valence-electron chi connectivity index (χ0n) is 19.6. The molecule has 2 amide bonds. The highest BCUT2D eigenvalue weighted by atomic mass is 19.1. The number of ketones is 1. The fourth-order valence-corrected chi connectivity index (χ4v) is 5.53. The highest BCUT2D eigenvalue weighted by Gasteiger charge is 2.50. The molecule has 0 radical (unpaired) electrons. The predicted molar refractivity (Wildman–Crippen MR) is 126 cm³/mol. The highest BCUT2D eigenvalue weighted by molar-refractivity contribution is 5.98. The molecule has 35 heavy (non-hydrogen) atoms. The smallest absolute Gasteiger partial charge is 0.270 e. The van der Waals surface area contributed by atoms with Gasteiger partial charge in [0.15, 0.2) is 5.65 Å². The van der Waals surface area contributed by atoms with Crippen LogP contribution in [-0.2, 0) is 11.3 Å². The Bertz CT molecular complexity index is 1290. The molecular weight excluding hydrogens is 449 g/mol. The first kappa shape index (κ1) is 23.1. The van der Waals surface area contributed by atoms with Gasteiger partial charge in [-0.25, -0.2) is 13.9 Å². The van der Waals surface area contributed by atoms with Gasteiger partial charge in [-0.2, -0.15) is 5.10 Å². The minimum atomic E-state index is -0.467. The first-order valence-electron chi connectivity index (χ1n) is 12.0. The Hall–Kier alpha value is -3.62. The fraction of sp³-hybridized carbons (Fsp3) is 0.423. The molecule has 3 saturated carbocycles. The third kappa shape index (κ3) is 4.42. The molecule has 1 aromatic carbocycles. The van der Waals surface area contributed by atoms with Crippen molar-refractivity contribution in [1.82, 2.24) is 25.2 Å². The predicted octanol–water partition coefficient (Wildman–Crippen LogP) is 3.46. The van der Waals surface area contributed by atoms with Gasteiger partial charge < -0.3 is 10.6 Å². The molecule has 0 atom stereocenters. The second kappa shape index (κ2) is 8.87. The van der Waals surface area contributed by atoms with Crippen molar-refractivity contribution in [3.63, 3.8) is 0 Å². The Kier molecular flexibility index (Phi) is 5.86. The third-order valence-electron chi connectivity index (χ3n) is 7.94. The largest absolute Gasteiger partial charge is 0.350 e. The van der Waals surface area contributed by atoms with E-state index in [0.717, 1.165) is 38.5 Å². The van der Waals surface area contributed by atoms with Crippen LogP contribution in [0.5, 0.6) is 0 Å². The quantitative estimate of drug-likeness (QED) is 0.542. The van der Waals surface area contributed by atoms with Crippen molar-refractivity contribution < 1.29 is 18.8 Å². The molecule has 8 nitrogen and oxygen atoms in total. The molecule has 2 heterocycles. The maximum atomic E-state index is 13.4. The van der Waals surface area contributed by atoms with Gasteiger partial charge in [-0.15, -0.1) is 0 Å². The summed E-state index contributed by atoms with van der Waals surface area (Å²) in [6.07, 6.45) is 6.94. The maximum Gasteiger partial charge on any atom is 0.270 e. The van der Waals surface area contributed by atoms with Crippen molar-refractivity contribution >= 4 is 23.2 Å². The van der Waals surface area contributed by atoms with Gasteiger partial charge in [-0.3, -0.25) is 14.4 Å². The van der Waals surface area contributed by atoms with Crippen LogP contribution in [0.2, 0.25) is 0 Å². The second-order valence-corrected chi connectivity index (χ2v) is 9.96. The third-order valence-corrected chi connectivity index (χ3v) is 7.94. The number of rotatable bonds is 7. The van der Waals surface area contributed by atoms with Gasteiger partial charge in [-0.1, -0.05) is 12.1 Å². The number of fused-ring (bicyclic) bond motifs is 4. The van der Waals surface area contributed by atoms with Gasteiger partial charge in [0.1, 0.15) is 23.0 Å². The number of carbonyl (C=O) groups is 3. The molecule has 6 rings (SSSR count). The van der Waals surface area contributed by atoms with Crippen LogP contribution in [-0.4, -0.2) is 38.7 Å². The number of hydrogen-bond donors (Lipinski definition) is 2. The molecular formula is C26H28FN5O3. The number of aromatic nitrogens is 3. The lowest BCUT2D eigenvalue weighted by Gasteiger charge is -2.52. The molecule has 3 aliphatic carbocycles. The summed E-state index contributed by atoms with van der Waals surface area (Å²) in [5.74, 6) is -0.887. The lowest BCUT2D eigenvalue weighted by molar-refractivity contribution is -0.135. The lowest BCUT2D eigenvalue weighted by atomic mass is 9.52. The summed E-state index contributed by atoms with van der Waals surface area (Å²) in [5.41, 5.74) is 1.15. The van der Waals surface area contributed by atoms with Crippen LogP contribution in [0.1, 0.15) is 72.0 Å². The van der Waals surface area contributed by atoms with Crippen LogP contribution in [0.25, 0.3) is 5.65 Å². The Labute approximate surface area is 202 Å². The molecule has 3 fully saturated rings. The van der Waals surface area contributed by atoms with Gasteiger partial charge in [0.2, 0.25) is 0 Å². The van der Waals surface area contributed by atoms with Crippen molar-refractivity contribution in [2.45, 2.75) is 52.0 Å². The fourth-order valence-electron chi connectivity index (χ4n) is 5.53. The van der Waals surface area contributed by atoms with E-state index in [1.54, 1.807) is 25.1 Å². The summed E-state index contributed by atoms with van der Waals surface area (Å²) in [5, 5.41) is 9.97. The summed E-state index contributed by atoms with van der Waals surface area (Å²) >= 11 is 0. The van der Waals surface area contributed by atoms with E-state index in [1.165, 1.54) is 28.9 Å². The number of amides is 2. The Morgan fingerprint density at radius 3 is 2.43 bits per heavy atom. The van der Waals surface area contributed by atoms with Gasteiger partial charge in [0.25, 0.3) is 11.8 Å². The Morgan fingerprint density at radius 1 is 1.00 bits per heavy atom. The van der Waals surface area contributed by atoms with Crippen molar-refractivity contribution in [1.29, 1.82) is 0 Å². The molecule has 3 aromatic rings. The van der Waals surface area contributed by atoms with Crippen molar-refractivity contribution in [3.05, 3.63) is 65.4 Å². The number of hydrogen-bond acceptors (Lipinski definition) is 5. The van der Waals surface area contributed by atoms with E-state index in [0.29, 0.717) is 17.8 Å². The zero-order chi connectivity index (χ0) is 24.6. The summed E-state index contributed by atoms with van der Waals surface area (Å²) < 4.78 is 14.8. The molecule has 0 saturated heterocycles. The SMILES string of the molecule is CC(=O)C12CCC(CNC(=O)c3cc(C(=O)NCc4cccc(F)c4)nc4ccnn34)(CC1)CC2. The molecule has 2 bridgehead atoms. The van der Waals surface area contributed by atoms with Crippen LogP contribution in [0, 0.1) is 16.6 Å². The number of benzene rings is 1. The minimum Gasteiger partial charge on any atom is -0.350 e. The molecule has 3 aliphatic rings. The molecule has 0 unspecified atom stereocenters. The van der Waals surface area contributed by atoms with Crippen LogP contribution < -0.4 is 10.6 Å². The van der Waals surface area contributed by atoms with Gasteiger partial charge in [-0.05, 0) is 68.6 Å². The molecule has 2 N–H and O–H groups in total. The van der Waals surface area contributed by atoms with Crippen LogP contribution >= 0.6 is 0 Å². The number of nitrogens with one attached hydrogen (secondary N) is 2. The molecule has 0 spiro atoms. The van der Waals surface area contributed by atoms with Crippen LogP contribution in [0.4, 0.5) is 4.39 Å². The maximum absolute atomic E-state index is 13.4. The Balaban J connectivity index is 1.29. The monoisotopic (exact) mass is 477 g/mol. The Morgan fingerprint density at radius 2 is 1.74 bits per heavy atom. The first-order chi connectivity index (χ1) is 16.8. The number of Topliss-reactive ketones (excluding diaryl/α,β-unsaturated/α-hetero) is 1. The average Bonchev–Trinajstić information content (AvgIpc) is 3.35. The standard InChI is InChI=1S/C26H28FN5O3/c1-17(33)26-9-6-25(7-10-26,8-11-26)16-29-24(35)21-14-20(31-22-5-12-30-32(21)22)23(34)28-15-18-3-2-4-19(27)13-18/h2-5,12-14H,6-11,15-16H2,1H3,(H,28,34)(H,29,35). The van der Waals surface area contributed by atoms with E-state index in [-0.39, 0.29) is 46.3 Å². The molecule has 0 aliphatic heterocycles. The van der Waals surface area contributed by atoms with Gasteiger partial charge >= 0.3 is 0 Å². The van der Waals surface area contributed by atoms with Gasteiger partial charge in [0, 0.05) is 30.6 Å². The van der Waals surface area contributed by atoms with E-state index in [2.05, 4.69) is 20.7 Å². The lowest BCUT2D eigenvalue weighted by Crippen LogP contribution is -2.49. The summed E-state index contributed by atoms with van der Waals surface area (Å²) in [7, 11) is 0. The van der Waals surface area contributed by atoms with Crippen molar-refractivity contribution in [2.24, 2.45) is 10.8 Å². The summed E-state index contributed by atoms with van der Waals surface area (Å²) in [6.45, 7) is 2.35. The number of carbonyl (C=O) groups excluding carboxylic acids is 3. The highest BCUT2D eigenvalue weighted by Crippen LogP contribution is 2.56. The molecule has 2 aromatic heterocycles. The zero-order valence-corrected chi connectivity index (χ0v) is 19.6. The van der Waals surface area contributed by atoms with Gasteiger partial charge in [0.05, 0.1) is 6.20 Å². The summed E-state index contributed by atoms with van der Waals surface area (Å²) in [6, 6.07) is 9.04. The first-order valence-corrected chi connectivity index (χ1v) is 12.0. The normalized spacial score (nSPS) is 23.3.